The highest BCUT2D eigenvalue weighted by molar-refractivity contribution is 5.55. The first-order valence-electron chi connectivity index (χ1n) is 5.08. The second-order valence-electron chi connectivity index (χ2n) is 3.45. The van der Waals surface area contributed by atoms with Gasteiger partial charge in [-0.25, -0.2) is 0 Å². The molecule has 0 radical (unpaired) electrons. The number of likely N-dealkylation sites (N-methyl/N-ethyl adjacent to an activating group) is 1. The van der Waals surface area contributed by atoms with Gasteiger partial charge in [0.1, 0.15) is 5.75 Å². The summed E-state index contributed by atoms with van der Waals surface area (Å²) >= 11 is 0. The number of rotatable bonds is 5. The van der Waals surface area contributed by atoms with Gasteiger partial charge in [0.15, 0.2) is 0 Å². The first kappa shape index (κ1) is 11.8. The Morgan fingerprint density at radius 1 is 1.40 bits per heavy atom. The van der Waals surface area contributed by atoms with E-state index in [1.807, 2.05) is 24.0 Å². The number of nitrogens with zero attached hydrogens (tertiary/aromatic N) is 1. The fraction of sp³-hybridized carbons (Fsp3) is 0.455. The molecular weight excluding hydrogens is 192 g/mol. The number of aliphatic hydroxyl groups excluding tert-OH is 1. The maximum atomic E-state index is 9.70. The standard InChI is InChI=1S/C11H18N2O2/c1-2-13(6-7-14)8-9-4-3-5-10(12)11(9)15/h3-5,14-15H,2,6-8,12H2,1H3. The predicted octanol–water partition coefficient (Wildman–Crippen LogP) is 0.789. The topological polar surface area (TPSA) is 69.7 Å². The van der Waals surface area contributed by atoms with Gasteiger partial charge in [-0.3, -0.25) is 4.90 Å². The van der Waals surface area contributed by atoms with Crippen LogP contribution in [0.5, 0.6) is 5.75 Å². The first-order chi connectivity index (χ1) is 7.19. The lowest BCUT2D eigenvalue weighted by Gasteiger charge is -2.19. The lowest BCUT2D eigenvalue weighted by Crippen LogP contribution is -2.26. The Morgan fingerprint density at radius 3 is 2.73 bits per heavy atom. The number of aromatic hydroxyl groups is 1. The molecule has 0 aliphatic heterocycles. The third kappa shape index (κ3) is 3.11. The average Bonchev–Trinajstić information content (AvgIpc) is 2.24. The Hall–Kier alpha value is -1.26. The molecule has 0 amide bonds. The second kappa shape index (κ2) is 5.58. The Bertz CT molecular complexity index is 315. The smallest absolute Gasteiger partial charge is 0.142 e. The van der Waals surface area contributed by atoms with Crippen molar-refractivity contribution in [2.24, 2.45) is 0 Å². The fourth-order valence-electron chi connectivity index (χ4n) is 1.47. The molecule has 0 heterocycles. The van der Waals surface area contributed by atoms with Gasteiger partial charge in [-0.1, -0.05) is 19.1 Å². The third-order valence-electron chi connectivity index (χ3n) is 2.41. The van der Waals surface area contributed by atoms with Crippen molar-refractivity contribution in [1.82, 2.24) is 4.90 Å². The van der Waals surface area contributed by atoms with Crippen molar-refractivity contribution in [2.45, 2.75) is 13.5 Å². The molecule has 0 saturated carbocycles. The molecule has 4 N–H and O–H groups in total. The number of hydrogen-bond acceptors (Lipinski definition) is 4. The number of nitrogen functional groups attached to an aromatic ring is 1. The molecule has 4 heteroatoms. The Kier molecular flexibility index (Phi) is 4.39. The van der Waals surface area contributed by atoms with Gasteiger partial charge in [0.25, 0.3) is 0 Å². The number of hydrogen-bond donors (Lipinski definition) is 3. The van der Waals surface area contributed by atoms with E-state index in [0.29, 0.717) is 18.8 Å². The van der Waals surface area contributed by atoms with Crippen LogP contribution in [0.25, 0.3) is 0 Å². The van der Waals surface area contributed by atoms with Crippen molar-refractivity contribution in [2.75, 3.05) is 25.4 Å². The highest BCUT2D eigenvalue weighted by Crippen LogP contribution is 2.25. The third-order valence-corrected chi connectivity index (χ3v) is 2.41. The zero-order valence-electron chi connectivity index (χ0n) is 8.98. The molecule has 15 heavy (non-hydrogen) atoms. The molecular formula is C11H18N2O2. The molecule has 0 spiro atoms. The van der Waals surface area contributed by atoms with Crippen molar-refractivity contribution in [3.8, 4) is 5.75 Å². The molecule has 0 saturated heterocycles. The number of para-hydroxylation sites is 1. The minimum Gasteiger partial charge on any atom is -0.505 e. The second-order valence-corrected chi connectivity index (χ2v) is 3.45. The molecule has 4 nitrogen and oxygen atoms in total. The largest absolute Gasteiger partial charge is 0.505 e. The van der Waals surface area contributed by atoms with Gasteiger partial charge >= 0.3 is 0 Å². The van der Waals surface area contributed by atoms with E-state index in [1.165, 1.54) is 0 Å². The highest BCUT2D eigenvalue weighted by Gasteiger charge is 2.08. The maximum absolute atomic E-state index is 9.70. The molecule has 0 aliphatic rings. The predicted molar refractivity (Wildman–Crippen MR) is 60.6 cm³/mol. The molecule has 0 unspecified atom stereocenters. The van der Waals surface area contributed by atoms with Crippen LogP contribution in [0.3, 0.4) is 0 Å². The number of phenolic OH excluding ortho intramolecular Hbond substituents is 1. The van der Waals surface area contributed by atoms with E-state index in [1.54, 1.807) is 6.07 Å². The van der Waals surface area contributed by atoms with E-state index >= 15 is 0 Å². The number of phenols is 1. The summed E-state index contributed by atoms with van der Waals surface area (Å²) in [4.78, 5) is 2.04. The quantitative estimate of drug-likeness (QED) is 0.496. The van der Waals surface area contributed by atoms with Crippen LogP contribution < -0.4 is 5.73 Å². The molecule has 0 bridgehead atoms. The summed E-state index contributed by atoms with van der Waals surface area (Å²) in [5.74, 6) is 0.147. The SMILES string of the molecule is CCN(CCO)Cc1cccc(N)c1O. The van der Waals surface area contributed by atoms with E-state index in [4.69, 9.17) is 10.8 Å². The summed E-state index contributed by atoms with van der Waals surface area (Å²) in [6, 6.07) is 5.32. The van der Waals surface area contributed by atoms with Crippen LogP contribution in [0.2, 0.25) is 0 Å². The van der Waals surface area contributed by atoms with Crippen molar-refractivity contribution in [1.29, 1.82) is 0 Å². The summed E-state index contributed by atoms with van der Waals surface area (Å²) in [6.45, 7) is 4.17. The summed E-state index contributed by atoms with van der Waals surface area (Å²) < 4.78 is 0. The van der Waals surface area contributed by atoms with Crippen molar-refractivity contribution in [3.63, 3.8) is 0 Å². The molecule has 1 aromatic carbocycles. The minimum atomic E-state index is 0.122. The van der Waals surface area contributed by atoms with Gasteiger partial charge in [0.2, 0.25) is 0 Å². The lowest BCUT2D eigenvalue weighted by atomic mass is 10.1. The maximum Gasteiger partial charge on any atom is 0.142 e. The highest BCUT2D eigenvalue weighted by atomic mass is 16.3. The lowest BCUT2D eigenvalue weighted by molar-refractivity contribution is 0.195. The molecule has 0 aliphatic carbocycles. The van der Waals surface area contributed by atoms with Gasteiger partial charge in [-0.2, -0.15) is 0 Å². The van der Waals surface area contributed by atoms with Crippen LogP contribution >= 0.6 is 0 Å². The van der Waals surface area contributed by atoms with Gasteiger partial charge < -0.3 is 15.9 Å². The Morgan fingerprint density at radius 2 is 2.13 bits per heavy atom. The van der Waals surface area contributed by atoms with Crippen LogP contribution in [0.4, 0.5) is 5.69 Å². The molecule has 0 atom stereocenters. The van der Waals surface area contributed by atoms with Crippen LogP contribution in [-0.2, 0) is 6.54 Å². The number of nitrogens with two attached hydrogens (primary N) is 1. The molecule has 84 valence electrons. The van der Waals surface area contributed by atoms with E-state index in [-0.39, 0.29) is 12.4 Å². The normalized spacial score (nSPS) is 10.9. The van der Waals surface area contributed by atoms with Crippen LogP contribution in [0, 0.1) is 0 Å². The fourth-order valence-corrected chi connectivity index (χ4v) is 1.47. The summed E-state index contributed by atoms with van der Waals surface area (Å²) in [6.07, 6.45) is 0. The number of anilines is 1. The minimum absolute atomic E-state index is 0.122. The number of aliphatic hydroxyl groups is 1. The van der Waals surface area contributed by atoms with Gasteiger partial charge in [-0.15, -0.1) is 0 Å². The van der Waals surface area contributed by atoms with Gasteiger partial charge in [0.05, 0.1) is 12.3 Å². The number of benzene rings is 1. The zero-order chi connectivity index (χ0) is 11.3. The van der Waals surface area contributed by atoms with Crippen LogP contribution in [0.15, 0.2) is 18.2 Å². The van der Waals surface area contributed by atoms with E-state index < -0.39 is 0 Å². The Balaban J connectivity index is 2.74. The van der Waals surface area contributed by atoms with Crippen molar-refractivity contribution >= 4 is 5.69 Å². The van der Waals surface area contributed by atoms with Gasteiger partial charge in [0, 0.05) is 18.7 Å². The first-order valence-corrected chi connectivity index (χ1v) is 5.08. The molecule has 0 fully saturated rings. The molecule has 1 aromatic rings. The molecule has 1 rings (SSSR count). The van der Waals surface area contributed by atoms with Crippen molar-refractivity contribution < 1.29 is 10.2 Å². The monoisotopic (exact) mass is 210 g/mol. The van der Waals surface area contributed by atoms with E-state index in [2.05, 4.69) is 0 Å². The summed E-state index contributed by atoms with van der Waals surface area (Å²) in [5.41, 5.74) is 6.79. The van der Waals surface area contributed by atoms with Gasteiger partial charge in [-0.05, 0) is 12.6 Å². The summed E-state index contributed by atoms with van der Waals surface area (Å²) in [7, 11) is 0. The average molecular weight is 210 g/mol. The zero-order valence-corrected chi connectivity index (χ0v) is 8.98. The van der Waals surface area contributed by atoms with E-state index in [9.17, 15) is 5.11 Å². The van der Waals surface area contributed by atoms with Crippen LogP contribution in [0.1, 0.15) is 12.5 Å². The van der Waals surface area contributed by atoms with E-state index in [0.717, 1.165) is 12.1 Å². The van der Waals surface area contributed by atoms with Crippen LogP contribution in [-0.4, -0.2) is 34.8 Å². The molecule has 0 aromatic heterocycles. The summed E-state index contributed by atoms with van der Waals surface area (Å²) in [5, 5.41) is 18.5. The van der Waals surface area contributed by atoms with Crippen molar-refractivity contribution in [3.05, 3.63) is 23.8 Å². The Labute approximate surface area is 89.9 Å².